The Morgan fingerprint density at radius 3 is 2.42 bits per heavy atom. The molecule has 0 radical (unpaired) electrons. The van der Waals surface area contributed by atoms with Crippen LogP contribution < -0.4 is 5.32 Å². The zero-order chi connectivity index (χ0) is 22.7. The predicted octanol–water partition coefficient (Wildman–Crippen LogP) is 3.38. The Bertz CT molecular complexity index is 1020. The Morgan fingerprint density at radius 1 is 1.16 bits per heavy atom. The monoisotopic (exact) mass is 446 g/mol. The summed E-state index contributed by atoms with van der Waals surface area (Å²) in [6, 6.07) is 7.20. The predicted molar refractivity (Wildman–Crippen MR) is 116 cm³/mol. The van der Waals surface area contributed by atoms with E-state index < -0.39 is 5.82 Å². The number of aromatic nitrogens is 1. The summed E-state index contributed by atoms with van der Waals surface area (Å²) >= 11 is 5.75. The molecule has 0 atom stereocenters. The first kappa shape index (κ1) is 22.7. The fourth-order valence-electron chi connectivity index (χ4n) is 3.47. The molecule has 31 heavy (non-hydrogen) atoms. The van der Waals surface area contributed by atoms with Crippen LogP contribution in [0.3, 0.4) is 0 Å². The smallest absolute Gasteiger partial charge is 0.271 e. The highest BCUT2D eigenvalue weighted by Crippen LogP contribution is 2.24. The van der Waals surface area contributed by atoms with Gasteiger partial charge in [-0.2, -0.15) is 0 Å². The normalized spacial score (nSPS) is 14.3. The van der Waals surface area contributed by atoms with E-state index in [4.69, 9.17) is 11.6 Å². The number of anilines is 1. The van der Waals surface area contributed by atoms with Crippen molar-refractivity contribution in [2.45, 2.75) is 19.8 Å². The summed E-state index contributed by atoms with van der Waals surface area (Å²) in [4.78, 5) is 44.9. The van der Waals surface area contributed by atoms with Gasteiger partial charge in [0.15, 0.2) is 0 Å². The van der Waals surface area contributed by atoms with Crippen LogP contribution in [-0.2, 0) is 4.79 Å². The lowest BCUT2D eigenvalue weighted by molar-refractivity contribution is -0.121. The molecule has 0 saturated carbocycles. The van der Waals surface area contributed by atoms with Crippen molar-refractivity contribution in [3.8, 4) is 0 Å². The minimum absolute atomic E-state index is 0.0551. The van der Waals surface area contributed by atoms with Crippen molar-refractivity contribution in [2.24, 2.45) is 5.92 Å². The minimum Gasteiger partial charge on any atom is -0.343 e. The largest absolute Gasteiger partial charge is 0.343 e. The fourth-order valence-corrected chi connectivity index (χ4v) is 3.65. The van der Waals surface area contributed by atoms with Crippen LogP contribution in [0.2, 0.25) is 5.02 Å². The SMILES string of the molecule is Cc1nc(C(=O)N(C)C)ccc1C(=O)N1CCC(C(=O)Nc2ccc(F)c(Cl)c2)CC1. The Kier molecular flexibility index (Phi) is 6.90. The highest BCUT2D eigenvalue weighted by Gasteiger charge is 2.29. The number of hydrogen-bond acceptors (Lipinski definition) is 4. The van der Waals surface area contributed by atoms with Gasteiger partial charge in [-0.1, -0.05) is 11.6 Å². The van der Waals surface area contributed by atoms with E-state index in [9.17, 15) is 18.8 Å². The molecule has 1 aromatic carbocycles. The Hall–Kier alpha value is -3.00. The topological polar surface area (TPSA) is 82.6 Å². The summed E-state index contributed by atoms with van der Waals surface area (Å²) < 4.78 is 13.3. The second-order valence-corrected chi connectivity index (χ2v) is 8.12. The molecule has 0 bridgehead atoms. The molecule has 3 rings (SSSR count). The van der Waals surface area contributed by atoms with Crippen LogP contribution in [0.15, 0.2) is 30.3 Å². The number of nitrogens with one attached hydrogen (secondary N) is 1. The lowest BCUT2D eigenvalue weighted by atomic mass is 9.95. The molecular weight excluding hydrogens is 423 g/mol. The van der Waals surface area contributed by atoms with E-state index >= 15 is 0 Å². The van der Waals surface area contributed by atoms with Gasteiger partial charge in [-0.3, -0.25) is 14.4 Å². The van der Waals surface area contributed by atoms with E-state index in [0.29, 0.717) is 42.9 Å². The average molecular weight is 447 g/mol. The van der Waals surface area contributed by atoms with Crippen molar-refractivity contribution >= 4 is 35.0 Å². The summed E-state index contributed by atoms with van der Waals surface area (Å²) in [5.41, 5.74) is 1.66. The summed E-state index contributed by atoms with van der Waals surface area (Å²) in [6.45, 7) is 2.56. The standard InChI is InChI=1S/C22H24ClFN4O3/c1-13-16(5-7-19(25-13)22(31)27(2)3)21(30)28-10-8-14(9-11-28)20(29)26-15-4-6-18(24)17(23)12-15/h4-7,12,14H,8-11H2,1-3H3,(H,26,29). The van der Waals surface area contributed by atoms with E-state index in [2.05, 4.69) is 10.3 Å². The molecule has 0 aliphatic carbocycles. The molecule has 2 heterocycles. The van der Waals surface area contributed by atoms with Crippen LogP contribution in [0.1, 0.15) is 39.4 Å². The van der Waals surface area contributed by atoms with Gasteiger partial charge in [0.1, 0.15) is 11.5 Å². The highest BCUT2D eigenvalue weighted by atomic mass is 35.5. The number of nitrogens with zero attached hydrogens (tertiary/aromatic N) is 3. The van der Waals surface area contributed by atoms with Crippen molar-refractivity contribution in [2.75, 3.05) is 32.5 Å². The number of carbonyl (C=O) groups is 3. The number of pyridine rings is 1. The first-order valence-electron chi connectivity index (χ1n) is 9.92. The molecule has 0 spiro atoms. The molecule has 1 saturated heterocycles. The van der Waals surface area contributed by atoms with Crippen LogP contribution in [0.4, 0.5) is 10.1 Å². The lowest BCUT2D eigenvalue weighted by Gasteiger charge is -2.31. The average Bonchev–Trinajstić information content (AvgIpc) is 2.75. The number of carbonyl (C=O) groups excluding carboxylic acids is 3. The number of benzene rings is 1. The van der Waals surface area contributed by atoms with Crippen molar-refractivity contribution in [3.05, 3.63) is 58.1 Å². The number of piperidine rings is 1. The van der Waals surface area contributed by atoms with Gasteiger partial charge in [-0.05, 0) is 50.1 Å². The first-order chi connectivity index (χ1) is 14.7. The van der Waals surface area contributed by atoms with Crippen molar-refractivity contribution < 1.29 is 18.8 Å². The third kappa shape index (κ3) is 5.19. The number of likely N-dealkylation sites (tertiary alicyclic amines) is 1. The van der Waals surface area contributed by atoms with E-state index in [1.807, 2.05) is 0 Å². The molecule has 3 amide bonds. The summed E-state index contributed by atoms with van der Waals surface area (Å²) in [7, 11) is 3.28. The second-order valence-electron chi connectivity index (χ2n) is 7.71. The molecule has 164 valence electrons. The van der Waals surface area contributed by atoms with Gasteiger partial charge in [0.25, 0.3) is 11.8 Å². The number of aryl methyl sites for hydroxylation is 1. The number of amides is 3. The highest BCUT2D eigenvalue weighted by molar-refractivity contribution is 6.31. The van der Waals surface area contributed by atoms with Crippen LogP contribution in [0.25, 0.3) is 0 Å². The second kappa shape index (κ2) is 9.43. The van der Waals surface area contributed by atoms with Crippen molar-refractivity contribution in [1.82, 2.24) is 14.8 Å². The maximum absolute atomic E-state index is 13.3. The van der Waals surface area contributed by atoms with Gasteiger partial charge in [0.2, 0.25) is 5.91 Å². The zero-order valence-corrected chi connectivity index (χ0v) is 18.4. The Balaban J connectivity index is 1.60. The van der Waals surface area contributed by atoms with Gasteiger partial charge in [0.05, 0.1) is 16.3 Å². The van der Waals surface area contributed by atoms with Crippen LogP contribution >= 0.6 is 11.6 Å². The van der Waals surface area contributed by atoms with E-state index in [0.717, 1.165) is 0 Å². The third-order valence-corrected chi connectivity index (χ3v) is 5.57. The van der Waals surface area contributed by atoms with Crippen LogP contribution in [0, 0.1) is 18.7 Å². The van der Waals surface area contributed by atoms with Gasteiger partial charge >= 0.3 is 0 Å². The molecule has 1 N–H and O–H groups in total. The van der Waals surface area contributed by atoms with E-state index in [1.54, 1.807) is 38.1 Å². The fraction of sp³-hybridized carbons (Fsp3) is 0.364. The molecule has 0 unspecified atom stereocenters. The van der Waals surface area contributed by atoms with Crippen LogP contribution in [0.5, 0.6) is 0 Å². The maximum Gasteiger partial charge on any atom is 0.271 e. The van der Waals surface area contributed by atoms with Gasteiger partial charge in [0, 0.05) is 38.8 Å². The summed E-state index contributed by atoms with van der Waals surface area (Å²) in [6.07, 6.45) is 1.02. The Morgan fingerprint density at radius 2 is 1.84 bits per heavy atom. The summed E-state index contributed by atoms with van der Waals surface area (Å²) in [5.74, 6) is -1.38. The molecule has 1 fully saturated rings. The molecule has 1 aromatic heterocycles. The number of halogens is 2. The van der Waals surface area contributed by atoms with Crippen molar-refractivity contribution in [1.29, 1.82) is 0 Å². The number of rotatable bonds is 4. The maximum atomic E-state index is 13.3. The Labute approximate surface area is 185 Å². The third-order valence-electron chi connectivity index (χ3n) is 5.28. The number of hydrogen-bond donors (Lipinski definition) is 1. The molecule has 1 aliphatic rings. The molecule has 2 aromatic rings. The first-order valence-corrected chi connectivity index (χ1v) is 10.3. The quantitative estimate of drug-likeness (QED) is 0.780. The van der Waals surface area contributed by atoms with Gasteiger partial charge in [-0.15, -0.1) is 0 Å². The van der Waals surface area contributed by atoms with Gasteiger partial charge < -0.3 is 15.1 Å². The molecule has 1 aliphatic heterocycles. The van der Waals surface area contributed by atoms with Gasteiger partial charge in [-0.25, -0.2) is 9.37 Å². The minimum atomic E-state index is -0.546. The van der Waals surface area contributed by atoms with E-state index in [1.165, 1.54) is 23.1 Å². The van der Waals surface area contributed by atoms with Crippen molar-refractivity contribution in [3.63, 3.8) is 0 Å². The van der Waals surface area contributed by atoms with E-state index in [-0.39, 0.29) is 34.4 Å². The zero-order valence-electron chi connectivity index (χ0n) is 17.6. The van der Waals surface area contributed by atoms with Crippen LogP contribution in [-0.4, -0.2) is 59.7 Å². The lowest BCUT2D eigenvalue weighted by Crippen LogP contribution is -2.41. The molecule has 7 nitrogen and oxygen atoms in total. The molecule has 9 heteroatoms. The molecular formula is C22H24ClFN4O3. The summed E-state index contributed by atoms with van der Waals surface area (Å²) in [5, 5.41) is 2.70.